The zero-order chi connectivity index (χ0) is 15.6. The maximum Gasteiger partial charge on any atom is 0.341 e. The minimum atomic E-state index is -1.41. The van der Waals surface area contributed by atoms with Gasteiger partial charge in [-0.05, 0) is 19.1 Å². The lowest BCUT2D eigenvalue weighted by Crippen LogP contribution is -2.08. The van der Waals surface area contributed by atoms with Crippen LogP contribution < -0.4 is 9.47 Å². The van der Waals surface area contributed by atoms with E-state index in [2.05, 4.69) is 9.97 Å². The second kappa shape index (κ2) is 5.74. The molecule has 0 unspecified atom stereocenters. The fraction of sp³-hybridized carbons (Fsp3) is 0.214. The fourth-order valence-electron chi connectivity index (χ4n) is 2.03. The third-order valence-corrected chi connectivity index (χ3v) is 2.88. The van der Waals surface area contributed by atoms with Crippen LogP contribution in [0.1, 0.15) is 16.1 Å². The SMILES string of the molecule is COc1nccc(-c2cc(C)nc(F)c2C(=O)O)c1OC. The average Bonchev–Trinajstić information content (AvgIpc) is 2.44. The Kier molecular flexibility index (Phi) is 4.02. The number of methoxy groups -OCH3 is 2. The van der Waals surface area contributed by atoms with Gasteiger partial charge in [0, 0.05) is 23.0 Å². The number of hydrogen-bond acceptors (Lipinski definition) is 5. The van der Waals surface area contributed by atoms with Gasteiger partial charge in [0.05, 0.1) is 14.2 Å². The highest BCUT2D eigenvalue weighted by Crippen LogP contribution is 2.38. The number of rotatable bonds is 4. The molecular weight excluding hydrogens is 279 g/mol. The highest BCUT2D eigenvalue weighted by molar-refractivity contribution is 5.97. The van der Waals surface area contributed by atoms with Crippen molar-refractivity contribution in [1.82, 2.24) is 9.97 Å². The van der Waals surface area contributed by atoms with Crippen LogP contribution in [-0.4, -0.2) is 35.3 Å². The van der Waals surface area contributed by atoms with Crippen molar-refractivity contribution in [2.45, 2.75) is 6.92 Å². The molecule has 21 heavy (non-hydrogen) atoms. The first kappa shape index (κ1) is 14.7. The minimum absolute atomic E-state index is 0.157. The third-order valence-electron chi connectivity index (χ3n) is 2.88. The first-order valence-corrected chi connectivity index (χ1v) is 5.97. The lowest BCUT2D eigenvalue weighted by atomic mass is 10.0. The monoisotopic (exact) mass is 292 g/mol. The van der Waals surface area contributed by atoms with Gasteiger partial charge in [0.25, 0.3) is 5.88 Å². The van der Waals surface area contributed by atoms with Crippen molar-refractivity contribution in [2.24, 2.45) is 0 Å². The molecule has 0 aliphatic rings. The van der Waals surface area contributed by atoms with Gasteiger partial charge < -0.3 is 14.6 Å². The number of nitrogens with zero attached hydrogens (tertiary/aromatic N) is 2. The number of halogens is 1. The van der Waals surface area contributed by atoms with Gasteiger partial charge in [-0.1, -0.05) is 0 Å². The molecule has 6 nitrogen and oxygen atoms in total. The maximum absolute atomic E-state index is 13.9. The Morgan fingerprint density at radius 2 is 2.00 bits per heavy atom. The van der Waals surface area contributed by atoms with Crippen molar-refractivity contribution in [3.8, 4) is 22.8 Å². The van der Waals surface area contributed by atoms with Gasteiger partial charge in [0.1, 0.15) is 5.56 Å². The zero-order valence-electron chi connectivity index (χ0n) is 11.7. The summed E-state index contributed by atoms with van der Waals surface area (Å²) in [7, 11) is 2.80. The highest BCUT2D eigenvalue weighted by atomic mass is 19.1. The van der Waals surface area contributed by atoms with Crippen LogP contribution in [0.4, 0.5) is 4.39 Å². The number of ether oxygens (including phenoxy) is 2. The standard InChI is InChI=1S/C14H13FN2O4/c1-7-6-9(10(14(18)19)12(15)17-7)8-4-5-16-13(21-3)11(8)20-2/h4-6H,1-3H3,(H,18,19). The quantitative estimate of drug-likeness (QED) is 0.871. The first-order valence-electron chi connectivity index (χ1n) is 5.97. The van der Waals surface area contributed by atoms with E-state index in [0.717, 1.165) is 0 Å². The molecule has 7 heteroatoms. The predicted octanol–water partition coefficient (Wildman–Crippen LogP) is 2.31. The number of carbonyl (C=O) groups is 1. The molecule has 0 amide bonds. The van der Waals surface area contributed by atoms with Gasteiger partial charge in [-0.2, -0.15) is 4.39 Å². The molecule has 0 saturated carbocycles. The van der Waals surface area contributed by atoms with E-state index >= 15 is 0 Å². The normalized spacial score (nSPS) is 10.3. The summed E-state index contributed by atoms with van der Waals surface area (Å²) < 4.78 is 24.2. The van der Waals surface area contributed by atoms with Crippen LogP contribution in [0.5, 0.6) is 11.6 Å². The Bertz CT molecular complexity index is 704. The minimum Gasteiger partial charge on any atom is -0.491 e. The Morgan fingerprint density at radius 1 is 1.29 bits per heavy atom. The number of carboxylic acid groups (broad SMARTS) is 1. The van der Waals surface area contributed by atoms with Gasteiger partial charge in [0.2, 0.25) is 5.95 Å². The van der Waals surface area contributed by atoms with Crippen LogP contribution >= 0.6 is 0 Å². The summed E-state index contributed by atoms with van der Waals surface area (Å²) in [5.41, 5.74) is 0.355. The number of aromatic carboxylic acids is 1. The Hall–Kier alpha value is -2.70. The molecule has 0 aromatic carbocycles. The second-order valence-electron chi connectivity index (χ2n) is 4.18. The van der Waals surface area contributed by atoms with Crippen molar-refractivity contribution >= 4 is 5.97 Å². The number of aryl methyl sites for hydroxylation is 1. The summed E-state index contributed by atoms with van der Waals surface area (Å²) in [6, 6.07) is 3.01. The topological polar surface area (TPSA) is 81.5 Å². The molecule has 1 N–H and O–H groups in total. The lowest BCUT2D eigenvalue weighted by Gasteiger charge is -2.14. The van der Waals surface area contributed by atoms with Gasteiger partial charge in [-0.3, -0.25) is 0 Å². The average molecular weight is 292 g/mol. The largest absolute Gasteiger partial charge is 0.491 e. The summed E-state index contributed by atoms with van der Waals surface area (Å²) in [6.45, 7) is 1.57. The van der Waals surface area contributed by atoms with E-state index in [9.17, 15) is 14.3 Å². The van der Waals surface area contributed by atoms with Crippen molar-refractivity contribution in [3.05, 3.63) is 35.5 Å². The molecule has 0 aliphatic carbocycles. The molecule has 2 aromatic rings. The van der Waals surface area contributed by atoms with Crippen LogP contribution in [0.25, 0.3) is 11.1 Å². The number of carboxylic acids is 1. The van der Waals surface area contributed by atoms with Crippen LogP contribution in [-0.2, 0) is 0 Å². The summed E-state index contributed by atoms with van der Waals surface area (Å²) in [4.78, 5) is 18.8. The van der Waals surface area contributed by atoms with Gasteiger partial charge in [0.15, 0.2) is 5.75 Å². The van der Waals surface area contributed by atoms with Crippen molar-refractivity contribution in [2.75, 3.05) is 14.2 Å². The molecule has 0 spiro atoms. The van der Waals surface area contributed by atoms with Crippen molar-refractivity contribution in [1.29, 1.82) is 0 Å². The summed E-state index contributed by atoms with van der Waals surface area (Å²) in [5.74, 6) is -2.04. The smallest absolute Gasteiger partial charge is 0.341 e. The van der Waals surface area contributed by atoms with E-state index < -0.39 is 17.5 Å². The molecule has 2 rings (SSSR count). The molecule has 0 fully saturated rings. The lowest BCUT2D eigenvalue weighted by molar-refractivity contribution is 0.0691. The number of hydrogen-bond donors (Lipinski definition) is 1. The van der Waals surface area contributed by atoms with Crippen LogP contribution in [0.3, 0.4) is 0 Å². The number of aromatic nitrogens is 2. The molecular formula is C14H13FN2O4. The Morgan fingerprint density at radius 3 is 2.57 bits per heavy atom. The maximum atomic E-state index is 13.9. The van der Waals surface area contributed by atoms with E-state index in [4.69, 9.17) is 9.47 Å². The molecule has 0 saturated heterocycles. The van der Waals surface area contributed by atoms with Crippen molar-refractivity contribution < 1.29 is 23.8 Å². The third kappa shape index (κ3) is 2.62. The number of pyridine rings is 2. The highest BCUT2D eigenvalue weighted by Gasteiger charge is 2.23. The van der Waals surface area contributed by atoms with Crippen LogP contribution in [0.2, 0.25) is 0 Å². The molecule has 0 radical (unpaired) electrons. The van der Waals surface area contributed by atoms with Gasteiger partial charge in [-0.15, -0.1) is 0 Å². The van der Waals surface area contributed by atoms with E-state index in [1.165, 1.54) is 32.5 Å². The fourth-order valence-corrected chi connectivity index (χ4v) is 2.03. The van der Waals surface area contributed by atoms with E-state index in [1.54, 1.807) is 6.92 Å². The summed E-state index contributed by atoms with van der Waals surface area (Å²) in [5, 5.41) is 9.22. The summed E-state index contributed by atoms with van der Waals surface area (Å²) >= 11 is 0. The van der Waals surface area contributed by atoms with Crippen LogP contribution in [0.15, 0.2) is 18.3 Å². The van der Waals surface area contributed by atoms with Crippen LogP contribution in [0, 0.1) is 12.9 Å². The van der Waals surface area contributed by atoms with E-state index in [0.29, 0.717) is 11.3 Å². The first-order chi connectivity index (χ1) is 9.99. The molecule has 110 valence electrons. The Balaban J connectivity index is 2.81. The van der Waals surface area contributed by atoms with E-state index in [-0.39, 0.29) is 17.2 Å². The molecule has 0 bridgehead atoms. The van der Waals surface area contributed by atoms with E-state index in [1.807, 2.05) is 0 Å². The predicted molar refractivity (Wildman–Crippen MR) is 72.2 cm³/mol. The molecule has 0 aliphatic heterocycles. The molecule has 0 atom stereocenters. The van der Waals surface area contributed by atoms with Crippen molar-refractivity contribution in [3.63, 3.8) is 0 Å². The summed E-state index contributed by atoms with van der Waals surface area (Å²) in [6.07, 6.45) is 1.43. The Labute approximate surface area is 120 Å². The second-order valence-corrected chi connectivity index (χ2v) is 4.18. The molecule has 2 aromatic heterocycles. The van der Waals surface area contributed by atoms with Gasteiger partial charge >= 0.3 is 5.97 Å². The van der Waals surface area contributed by atoms with Gasteiger partial charge in [-0.25, -0.2) is 14.8 Å². The zero-order valence-corrected chi connectivity index (χ0v) is 11.7. The molecule has 2 heterocycles.